The fourth-order valence-electron chi connectivity index (χ4n) is 3.39. The zero-order valence-electron chi connectivity index (χ0n) is 21.1. The number of nitrogens with zero attached hydrogens (tertiary/aromatic N) is 1. The second-order valence-corrected chi connectivity index (χ2v) is 9.21. The van der Waals surface area contributed by atoms with Gasteiger partial charge in [0.05, 0.1) is 30.5 Å². The van der Waals surface area contributed by atoms with Crippen LogP contribution in [0.1, 0.15) is 74.2 Å². The largest absolute Gasteiger partial charge is 0.493 e. The Kier molecular flexibility index (Phi) is 13.5. The fraction of sp³-hybridized carbons (Fsp3) is 0.407. The highest BCUT2D eigenvalue weighted by Gasteiger charge is 2.16. The molecule has 8 nitrogen and oxygen atoms in total. The molecule has 200 valence electrons. The standard InChI is InChI=1S/C27H33Cl2N3O5/c1-3-4-5-6-7-8-9-10-25(33)30-18-26(34)32-31-17-19-11-14-23(24(15-19)36-2)37-27(35)21-13-12-20(28)16-22(21)29/h11-17H,3-10,18H2,1-2H3,(H,30,33)(H,32,34)/b31-17-. The highest BCUT2D eigenvalue weighted by Crippen LogP contribution is 2.30. The average molecular weight is 550 g/mol. The van der Waals surface area contributed by atoms with Gasteiger partial charge in [0.25, 0.3) is 5.91 Å². The number of unbranched alkanes of at least 4 members (excludes halogenated alkanes) is 6. The minimum absolute atomic E-state index is 0.151. The van der Waals surface area contributed by atoms with Crippen molar-refractivity contribution in [2.75, 3.05) is 13.7 Å². The van der Waals surface area contributed by atoms with Gasteiger partial charge in [-0.2, -0.15) is 5.10 Å². The lowest BCUT2D eigenvalue weighted by Gasteiger charge is -2.10. The molecule has 2 amide bonds. The third-order valence-corrected chi connectivity index (χ3v) is 5.95. The monoisotopic (exact) mass is 549 g/mol. The van der Waals surface area contributed by atoms with Crippen molar-refractivity contribution in [1.29, 1.82) is 0 Å². The smallest absolute Gasteiger partial charge is 0.345 e. The summed E-state index contributed by atoms with van der Waals surface area (Å²) in [7, 11) is 1.43. The molecule has 0 atom stereocenters. The average Bonchev–Trinajstić information content (AvgIpc) is 2.87. The number of hydrogen-bond acceptors (Lipinski definition) is 6. The van der Waals surface area contributed by atoms with Gasteiger partial charge in [0.2, 0.25) is 5.91 Å². The SMILES string of the molecule is CCCCCCCCCC(=O)NCC(=O)N/N=C\c1ccc(OC(=O)c2ccc(Cl)cc2Cl)c(OC)c1. The van der Waals surface area contributed by atoms with E-state index in [1.54, 1.807) is 12.1 Å². The van der Waals surface area contributed by atoms with Crippen LogP contribution in [0, 0.1) is 0 Å². The van der Waals surface area contributed by atoms with Crippen LogP contribution in [0.25, 0.3) is 0 Å². The highest BCUT2D eigenvalue weighted by molar-refractivity contribution is 6.36. The van der Waals surface area contributed by atoms with E-state index in [2.05, 4.69) is 22.8 Å². The maximum absolute atomic E-state index is 12.5. The molecule has 0 saturated heterocycles. The van der Waals surface area contributed by atoms with Crippen molar-refractivity contribution in [2.24, 2.45) is 5.10 Å². The maximum Gasteiger partial charge on any atom is 0.345 e. The van der Waals surface area contributed by atoms with E-state index in [4.69, 9.17) is 32.7 Å². The van der Waals surface area contributed by atoms with Gasteiger partial charge in [0.1, 0.15) is 0 Å². The molecule has 2 aromatic rings. The molecule has 2 aromatic carbocycles. The molecule has 0 aliphatic heterocycles. The number of hydrazone groups is 1. The van der Waals surface area contributed by atoms with Gasteiger partial charge < -0.3 is 14.8 Å². The predicted molar refractivity (Wildman–Crippen MR) is 146 cm³/mol. The van der Waals surface area contributed by atoms with Crippen molar-refractivity contribution < 1.29 is 23.9 Å². The summed E-state index contributed by atoms with van der Waals surface area (Å²) in [5.74, 6) is -0.790. The van der Waals surface area contributed by atoms with Gasteiger partial charge in [0, 0.05) is 11.4 Å². The minimum atomic E-state index is -0.664. The van der Waals surface area contributed by atoms with Crippen LogP contribution in [-0.4, -0.2) is 37.7 Å². The first-order valence-electron chi connectivity index (χ1n) is 12.3. The van der Waals surface area contributed by atoms with E-state index >= 15 is 0 Å². The van der Waals surface area contributed by atoms with E-state index in [0.717, 1.165) is 19.3 Å². The summed E-state index contributed by atoms with van der Waals surface area (Å²) in [5, 5.41) is 7.07. The second kappa shape index (κ2) is 16.6. The summed E-state index contributed by atoms with van der Waals surface area (Å²) >= 11 is 11.9. The summed E-state index contributed by atoms with van der Waals surface area (Å²) in [6.07, 6.45) is 9.70. The van der Waals surface area contributed by atoms with Crippen LogP contribution in [0.2, 0.25) is 10.0 Å². The molecule has 0 aliphatic rings. The fourth-order valence-corrected chi connectivity index (χ4v) is 3.87. The van der Waals surface area contributed by atoms with Gasteiger partial charge in [-0.15, -0.1) is 0 Å². The highest BCUT2D eigenvalue weighted by atomic mass is 35.5. The quantitative estimate of drug-likeness (QED) is 0.0941. The second-order valence-electron chi connectivity index (χ2n) is 8.37. The molecule has 10 heteroatoms. The maximum atomic E-state index is 12.5. The van der Waals surface area contributed by atoms with Crippen LogP contribution in [0.15, 0.2) is 41.5 Å². The third kappa shape index (κ3) is 11.2. The first-order chi connectivity index (χ1) is 17.8. The number of benzene rings is 2. The molecule has 2 rings (SSSR count). The number of methoxy groups -OCH3 is 1. The number of esters is 1. The number of nitrogens with one attached hydrogen (secondary N) is 2. The third-order valence-electron chi connectivity index (χ3n) is 5.40. The van der Waals surface area contributed by atoms with Gasteiger partial charge in [0.15, 0.2) is 11.5 Å². The van der Waals surface area contributed by atoms with E-state index < -0.39 is 11.9 Å². The van der Waals surface area contributed by atoms with Gasteiger partial charge in [-0.25, -0.2) is 10.2 Å². The summed E-state index contributed by atoms with van der Waals surface area (Å²) in [6, 6.07) is 9.22. The topological polar surface area (TPSA) is 106 Å². The van der Waals surface area contributed by atoms with Gasteiger partial charge in [-0.1, -0.05) is 68.7 Å². The molecule has 2 N–H and O–H groups in total. The molecule has 0 saturated carbocycles. The van der Waals surface area contributed by atoms with Gasteiger partial charge in [-0.3, -0.25) is 9.59 Å². The van der Waals surface area contributed by atoms with Crippen molar-refractivity contribution in [1.82, 2.24) is 10.7 Å². The van der Waals surface area contributed by atoms with E-state index in [1.807, 2.05) is 0 Å². The molecule has 0 spiro atoms. The predicted octanol–water partition coefficient (Wildman–Crippen LogP) is 5.93. The van der Waals surface area contributed by atoms with Crippen molar-refractivity contribution in [3.8, 4) is 11.5 Å². The number of carbonyl (C=O) groups excluding carboxylic acids is 3. The Labute approximate surface area is 227 Å². The molecule has 0 aliphatic carbocycles. The molecule has 0 aromatic heterocycles. The van der Waals surface area contributed by atoms with Crippen molar-refractivity contribution >= 4 is 47.2 Å². The Morgan fingerprint density at radius 3 is 2.35 bits per heavy atom. The van der Waals surface area contributed by atoms with Crippen LogP contribution in [0.5, 0.6) is 11.5 Å². The Morgan fingerprint density at radius 2 is 1.65 bits per heavy atom. The van der Waals surface area contributed by atoms with E-state index in [1.165, 1.54) is 63.3 Å². The van der Waals surface area contributed by atoms with E-state index in [9.17, 15) is 14.4 Å². The van der Waals surface area contributed by atoms with Crippen molar-refractivity contribution in [2.45, 2.75) is 58.3 Å². The molecule has 0 bridgehead atoms. The Hall–Kier alpha value is -3.10. The molecular formula is C27H33Cl2N3O5. The lowest BCUT2D eigenvalue weighted by molar-refractivity contribution is -0.126. The number of ether oxygens (including phenoxy) is 2. The molecule has 0 unspecified atom stereocenters. The van der Waals surface area contributed by atoms with E-state index in [0.29, 0.717) is 17.0 Å². The Balaban J connectivity index is 1.77. The molecule has 0 radical (unpaired) electrons. The summed E-state index contributed by atoms with van der Waals surface area (Å²) in [4.78, 5) is 36.3. The Morgan fingerprint density at radius 1 is 0.919 bits per heavy atom. The molecular weight excluding hydrogens is 517 g/mol. The summed E-state index contributed by atoms with van der Waals surface area (Å²) in [6.45, 7) is 2.03. The number of amides is 2. The van der Waals surface area contributed by atoms with E-state index in [-0.39, 0.29) is 34.5 Å². The molecule has 0 heterocycles. The van der Waals surface area contributed by atoms with Crippen LogP contribution in [-0.2, 0) is 9.59 Å². The van der Waals surface area contributed by atoms with Crippen LogP contribution >= 0.6 is 23.2 Å². The molecule has 37 heavy (non-hydrogen) atoms. The lowest BCUT2D eigenvalue weighted by Crippen LogP contribution is -2.34. The van der Waals surface area contributed by atoms with Gasteiger partial charge >= 0.3 is 5.97 Å². The minimum Gasteiger partial charge on any atom is -0.493 e. The van der Waals surface area contributed by atoms with Crippen LogP contribution in [0.4, 0.5) is 0 Å². The van der Waals surface area contributed by atoms with Crippen LogP contribution < -0.4 is 20.2 Å². The number of hydrogen-bond donors (Lipinski definition) is 2. The normalized spacial score (nSPS) is 10.8. The lowest BCUT2D eigenvalue weighted by atomic mass is 10.1. The number of halogens is 2. The number of carbonyl (C=O) groups is 3. The van der Waals surface area contributed by atoms with Gasteiger partial charge in [-0.05, 0) is 48.4 Å². The van der Waals surface area contributed by atoms with Crippen LogP contribution in [0.3, 0.4) is 0 Å². The zero-order chi connectivity index (χ0) is 27.0. The molecule has 0 fully saturated rings. The summed E-state index contributed by atoms with van der Waals surface area (Å²) in [5.41, 5.74) is 3.11. The van der Waals surface area contributed by atoms with Crippen molar-refractivity contribution in [3.63, 3.8) is 0 Å². The first-order valence-corrected chi connectivity index (χ1v) is 13.0. The Bertz CT molecular complexity index is 1090. The number of rotatable bonds is 15. The zero-order valence-corrected chi connectivity index (χ0v) is 22.7. The summed E-state index contributed by atoms with van der Waals surface area (Å²) < 4.78 is 10.7. The first kappa shape index (κ1) is 30.1. The van der Waals surface area contributed by atoms with Crippen molar-refractivity contribution in [3.05, 3.63) is 57.6 Å².